The molecule has 4 rings (SSSR count). The van der Waals surface area contributed by atoms with E-state index in [1.54, 1.807) is 6.92 Å². The van der Waals surface area contributed by atoms with Crippen molar-refractivity contribution in [3.8, 4) is 0 Å². The molecule has 6 nitrogen and oxygen atoms in total. The van der Waals surface area contributed by atoms with Crippen LogP contribution in [0.3, 0.4) is 0 Å². The average molecular weight is 396 g/mol. The van der Waals surface area contributed by atoms with Crippen LogP contribution in [0.4, 0.5) is 0 Å². The fourth-order valence-electron chi connectivity index (χ4n) is 4.99. The lowest BCUT2D eigenvalue weighted by Gasteiger charge is -2.36. The highest BCUT2D eigenvalue weighted by Crippen LogP contribution is 2.37. The van der Waals surface area contributed by atoms with Crippen molar-refractivity contribution in [3.63, 3.8) is 0 Å². The minimum atomic E-state index is -0.938. The number of likely N-dealkylation sites (tertiary alicyclic amines) is 1. The predicted octanol–water partition coefficient (Wildman–Crippen LogP) is 4.03. The molecule has 1 aromatic heterocycles. The summed E-state index contributed by atoms with van der Waals surface area (Å²) in [5, 5.41) is 13.5. The number of carboxylic acids is 1. The third-order valence-electron chi connectivity index (χ3n) is 6.74. The fourth-order valence-corrected chi connectivity index (χ4v) is 4.99. The summed E-state index contributed by atoms with van der Waals surface area (Å²) in [6.45, 7) is 3.26. The third-order valence-corrected chi connectivity index (χ3v) is 6.74. The van der Waals surface area contributed by atoms with Crippen molar-refractivity contribution in [2.24, 2.45) is 5.92 Å². The number of carboxylic acid groups (broad SMARTS) is 1. The number of piperidine rings is 1. The zero-order chi connectivity index (χ0) is 20.4. The lowest BCUT2D eigenvalue weighted by Crippen LogP contribution is -2.43. The summed E-state index contributed by atoms with van der Waals surface area (Å²) in [7, 11) is 0. The van der Waals surface area contributed by atoms with Crippen LogP contribution in [0.5, 0.6) is 0 Å². The topological polar surface area (TPSA) is 75.4 Å². The van der Waals surface area contributed by atoms with Gasteiger partial charge in [-0.25, -0.2) is 4.79 Å². The van der Waals surface area contributed by atoms with Crippen LogP contribution in [0.15, 0.2) is 36.5 Å². The van der Waals surface area contributed by atoms with Gasteiger partial charge in [-0.2, -0.15) is 5.10 Å². The molecular formula is C23H29N3O3. The zero-order valence-electron chi connectivity index (χ0n) is 17.0. The summed E-state index contributed by atoms with van der Waals surface area (Å²) in [6.07, 6.45) is 7.19. The molecule has 2 fully saturated rings. The molecule has 1 aliphatic carbocycles. The molecule has 2 aromatic rings. The molecule has 0 unspecified atom stereocenters. The number of nitrogens with zero attached hydrogens (tertiary/aromatic N) is 3. The summed E-state index contributed by atoms with van der Waals surface area (Å²) in [5.41, 5.74) is 2.36. The fraction of sp³-hybridized carbons (Fsp3) is 0.522. The monoisotopic (exact) mass is 395 g/mol. The van der Waals surface area contributed by atoms with Crippen LogP contribution in [-0.2, 0) is 4.79 Å². The van der Waals surface area contributed by atoms with Gasteiger partial charge in [0, 0.05) is 19.0 Å². The molecule has 1 N–H and O–H groups in total. The minimum absolute atomic E-state index is 0.150. The molecule has 0 bridgehead atoms. The normalized spacial score (nSPS) is 23.1. The second-order valence-corrected chi connectivity index (χ2v) is 8.41. The SMILES string of the molecule is Cc1c(C(=O)O)cnn1C1CCN(C(=O)C2CCC(c3ccccc3)CC2)CC1. The van der Waals surface area contributed by atoms with Gasteiger partial charge >= 0.3 is 5.97 Å². The lowest BCUT2D eigenvalue weighted by atomic mass is 9.78. The van der Waals surface area contributed by atoms with Crippen LogP contribution in [0.25, 0.3) is 0 Å². The molecular weight excluding hydrogens is 366 g/mol. The van der Waals surface area contributed by atoms with Crippen LogP contribution >= 0.6 is 0 Å². The van der Waals surface area contributed by atoms with E-state index in [0.29, 0.717) is 17.5 Å². The van der Waals surface area contributed by atoms with Crippen molar-refractivity contribution in [3.05, 3.63) is 53.3 Å². The first-order chi connectivity index (χ1) is 14.0. The molecule has 1 saturated heterocycles. The standard InChI is InChI=1S/C23H29N3O3/c1-16-21(23(28)29)15-24-26(16)20-11-13-25(14-12-20)22(27)19-9-7-18(8-10-19)17-5-3-2-4-6-17/h2-6,15,18-20H,7-14H2,1H3,(H,28,29). The van der Waals surface area contributed by atoms with E-state index in [-0.39, 0.29) is 17.5 Å². The second-order valence-electron chi connectivity index (χ2n) is 8.41. The van der Waals surface area contributed by atoms with Gasteiger partial charge in [-0.1, -0.05) is 30.3 Å². The average Bonchev–Trinajstić information content (AvgIpc) is 3.16. The summed E-state index contributed by atoms with van der Waals surface area (Å²) in [4.78, 5) is 26.3. The van der Waals surface area contributed by atoms with Crippen molar-refractivity contribution in [2.45, 2.75) is 57.4 Å². The van der Waals surface area contributed by atoms with Gasteiger partial charge in [0.1, 0.15) is 5.56 Å². The van der Waals surface area contributed by atoms with Gasteiger partial charge in [-0.05, 0) is 56.9 Å². The molecule has 154 valence electrons. The number of carbonyl (C=O) groups excluding carboxylic acids is 1. The first-order valence-corrected chi connectivity index (χ1v) is 10.7. The Kier molecular flexibility index (Phi) is 5.69. The van der Waals surface area contributed by atoms with Gasteiger partial charge in [0.05, 0.1) is 17.9 Å². The Morgan fingerprint density at radius 2 is 1.66 bits per heavy atom. The van der Waals surface area contributed by atoms with Gasteiger partial charge in [-0.3, -0.25) is 9.48 Å². The Hall–Kier alpha value is -2.63. The highest BCUT2D eigenvalue weighted by atomic mass is 16.4. The van der Waals surface area contributed by atoms with E-state index >= 15 is 0 Å². The maximum absolute atomic E-state index is 13.0. The van der Waals surface area contributed by atoms with Gasteiger partial charge < -0.3 is 10.0 Å². The molecule has 1 aromatic carbocycles. The first kappa shape index (κ1) is 19.7. The van der Waals surface area contributed by atoms with Crippen LogP contribution in [-0.4, -0.2) is 44.8 Å². The summed E-state index contributed by atoms with van der Waals surface area (Å²) in [6, 6.07) is 10.8. The van der Waals surface area contributed by atoms with E-state index in [0.717, 1.165) is 51.6 Å². The quantitative estimate of drug-likeness (QED) is 0.848. The summed E-state index contributed by atoms with van der Waals surface area (Å²) in [5.74, 6) is 0.0969. The molecule has 1 aliphatic heterocycles. The number of aromatic carboxylic acids is 1. The number of aromatic nitrogens is 2. The molecule has 0 radical (unpaired) electrons. The van der Waals surface area contributed by atoms with E-state index in [1.807, 2.05) is 9.58 Å². The Balaban J connectivity index is 1.30. The number of benzene rings is 1. The van der Waals surface area contributed by atoms with Crippen molar-refractivity contribution in [1.82, 2.24) is 14.7 Å². The molecule has 2 aliphatic rings. The molecule has 0 atom stereocenters. The number of amides is 1. The highest BCUT2D eigenvalue weighted by molar-refractivity contribution is 5.88. The molecule has 1 amide bonds. The molecule has 29 heavy (non-hydrogen) atoms. The molecule has 0 spiro atoms. The smallest absolute Gasteiger partial charge is 0.339 e. The van der Waals surface area contributed by atoms with Crippen LogP contribution in [0, 0.1) is 12.8 Å². The lowest BCUT2D eigenvalue weighted by molar-refractivity contribution is -0.138. The Morgan fingerprint density at radius 1 is 1.00 bits per heavy atom. The largest absolute Gasteiger partial charge is 0.478 e. The van der Waals surface area contributed by atoms with E-state index in [1.165, 1.54) is 11.8 Å². The van der Waals surface area contributed by atoms with Gasteiger partial charge in [0.2, 0.25) is 5.91 Å². The molecule has 6 heteroatoms. The second kappa shape index (κ2) is 8.39. The number of rotatable bonds is 4. The van der Waals surface area contributed by atoms with E-state index in [4.69, 9.17) is 0 Å². The van der Waals surface area contributed by atoms with Gasteiger partial charge in [0.25, 0.3) is 0 Å². The number of carbonyl (C=O) groups is 2. The maximum Gasteiger partial charge on any atom is 0.339 e. The number of hydrogen-bond acceptors (Lipinski definition) is 3. The van der Waals surface area contributed by atoms with Crippen molar-refractivity contribution in [2.75, 3.05) is 13.1 Å². The van der Waals surface area contributed by atoms with E-state index < -0.39 is 5.97 Å². The zero-order valence-corrected chi connectivity index (χ0v) is 17.0. The Morgan fingerprint density at radius 3 is 2.24 bits per heavy atom. The molecule has 1 saturated carbocycles. The molecule has 2 heterocycles. The van der Waals surface area contributed by atoms with Crippen molar-refractivity contribution < 1.29 is 14.7 Å². The summed E-state index contributed by atoms with van der Waals surface area (Å²) < 4.78 is 1.83. The van der Waals surface area contributed by atoms with Crippen molar-refractivity contribution >= 4 is 11.9 Å². The van der Waals surface area contributed by atoms with Crippen LogP contribution in [0.2, 0.25) is 0 Å². The summed E-state index contributed by atoms with van der Waals surface area (Å²) >= 11 is 0. The number of hydrogen-bond donors (Lipinski definition) is 1. The maximum atomic E-state index is 13.0. The Labute approximate surface area is 171 Å². The minimum Gasteiger partial charge on any atom is -0.478 e. The van der Waals surface area contributed by atoms with E-state index in [9.17, 15) is 14.7 Å². The third kappa shape index (κ3) is 4.07. The van der Waals surface area contributed by atoms with E-state index in [2.05, 4.69) is 35.4 Å². The van der Waals surface area contributed by atoms with Gasteiger partial charge in [0.15, 0.2) is 0 Å². The van der Waals surface area contributed by atoms with Crippen LogP contribution in [0.1, 0.15) is 72.1 Å². The predicted molar refractivity (Wildman–Crippen MR) is 110 cm³/mol. The first-order valence-electron chi connectivity index (χ1n) is 10.7. The van der Waals surface area contributed by atoms with Gasteiger partial charge in [-0.15, -0.1) is 0 Å². The van der Waals surface area contributed by atoms with Crippen LogP contribution < -0.4 is 0 Å². The highest BCUT2D eigenvalue weighted by Gasteiger charge is 2.32. The Bertz CT molecular complexity index is 861. The van der Waals surface area contributed by atoms with Crippen molar-refractivity contribution in [1.29, 1.82) is 0 Å².